The normalized spacial score (nSPS) is 10.9. The van der Waals surface area contributed by atoms with Crippen molar-refractivity contribution in [3.8, 4) is 0 Å². The number of anilines is 2. The molecule has 0 radical (unpaired) electrons. The summed E-state index contributed by atoms with van der Waals surface area (Å²) in [6.45, 7) is 6.30. The summed E-state index contributed by atoms with van der Waals surface area (Å²) in [6, 6.07) is 6.36. The highest BCUT2D eigenvalue weighted by Gasteiger charge is 2.10. The van der Waals surface area contributed by atoms with Gasteiger partial charge in [0.05, 0.1) is 10.7 Å². The molecule has 0 spiro atoms. The van der Waals surface area contributed by atoms with Crippen molar-refractivity contribution in [2.45, 2.75) is 37.3 Å². The summed E-state index contributed by atoms with van der Waals surface area (Å²) in [5, 5.41) is 16.0. The first kappa shape index (κ1) is 16.4. The molecule has 2 heterocycles. The van der Waals surface area contributed by atoms with Gasteiger partial charge in [0.25, 0.3) is 0 Å². The van der Waals surface area contributed by atoms with Crippen molar-refractivity contribution in [3.05, 3.63) is 45.4 Å². The number of benzene rings is 1. The van der Waals surface area contributed by atoms with E-state index in [0.29, 0.717) is 0 Å². The summed E-state index contributed by atoms with van der Waals surface area (Å²) in [5.74, 6) is 0.837. The summed E-state index contributed by atoms with van der Waals surface area (Å²) in [4.78, 5) is 4.47. The maximum Gasteiger partial charge on any atom is 0.210 e. The molecule has 0 atom stereocenters. The molecule has 2 aromatic heterocycles. The van der Waals surface area contributed by atoms with E-state index in [-0.39, 0.29) is 0 Å². The first-order chi connectivity index (χ1) is 11.2. The minimum absolute atomic E-state index is 0.837. The predicted octanol–water partition coefficient (Wildman–Crippen LogP) is 5.21. The number of thioether (sulfide) groups is 1. The van der Waals surface area contributed by atoms with Gasteiger partial charge in [-0.3, -0.25) is 0 Å². The van der Waals surface area contributed by atoms with Crippen LogP contribution in [0.5, 0.6) is 0 Å². The van der Waals surface area contributed by atoms with E-state index < -0.39 is 0 Å². The van der Waals surface area contributed by atoms with E-state index >= 15 is 0 Å². The van der Waals surface area contributed by atoms with E-state index in [9.17, 15) is 0 Å². The Bertz CT molecular complexity index is 794. The van der Waals surface area contributed by atoms with E-state index in [1.807, 2.05) is 6.92 Å². The van der Waals surface area contributed by atoms with Gasteiger partial charge in [0.2, 0.25) is 5.13 Å². The lowest BCUT2D eigenvalue weighted by molar-refractivity contribution is 1.01. The Hall–Kier alpha value is -1.44. The van der Waals surface area contributed by atoms with Gasteiger partial charge in [0.15, 0.2) is 4.34 Å². The number of aromatic nitrogens is 3. The quantitative estimate of drug-likeness (QED) is 0.610. The second-order valence-electron chi connectivity index (χ2n) is 5.11. The maximum absolute atomic E-state index is 4.47. The fraction of sp³-hybridized carbons (Fsp3) is 0.312. The average Bonchev–Trinajstić information content (AvgIpc) is 3.16. The summed E-state index contributed by atoms with van der Waals surface area (Å²) >= 11 is 4.95. The molecule has 0 bridgehead atoms. The molecule has 23 heavy (non-hydrogen) atoms. The van der Waals surface area contributed by atoms with Crippen molar-refractivity contribution < 1.29 is 0 Å². The monoisotopic (exact) mass is 362 g/mol. The molecule has 0 aliphatic rings. The van der Waals surface area contributed by atoms with Crippen LogP contribution in [0.2, 0.25) is 0 Å². The molecule has 0 saturated carbocycles. The van der Waals surface area contributed by atoms with Crippen LogP contribution in [0.1, 0.15) is 28.8 Å². The van der Waals surface area contributed by atoms with E-state index in [2.05, 4.69) is 57.9 Å². The topological polar surface area (TPSA) is 50.7 Å². The Balaban J connectivity index is 1.68. The second-order valence-corrected chi connectivity index (χ2v) is 8.37. The van der Waals surface area contributed by atoms with E-state index in [0.717, 1.165) is 38.0 Å². The maximum atomic E-state index is 4.47. The third-order valence-electron chi connectivity index (χ3n) is 3.39. The molecule has 3 rings (SSSR count). The van der Waals surface area contributed by atoms with Crippen LogP contribution in [0.3, 0.4) is 0 Å². The van der Waals surface area contributed by atoms with Crippen molar-refractivity contribution >= 4 is 45.3 Å². The zero-order valence-electron chi connectivity index (χ0n) is 13.3. The first-order valence-electron chi connectivity index (χ1n) is 7.38. The lowest BCUT2D eigenvalue weighted by Crippen LogP contribution is -1.97. The number of hydrogen-bond donors (Lipinski definition) is 1. The molecule has 4 nitrogen and oxygen atoms in total. The molecule has 7 heteroatoms. The van der Waals surface area contributed by atoms with Gasteiger partial charge in [-0.2, -0.15) is 0 Å². The van der Waals surface area contributed by atoms with E-state index in [1.165, 1.54) is 11.1 Å². The smallest absolute Gasteiger partial charge is 0.210 e. The molecule has 0 unspecified atom stereocenters. The van der Waals surface area contributed by atoms with Crippen LogP contribution in [0.4, 0.5) is 10.8 Å². The predicted molar refractivity (Wildman–Crippen MR) is 100 cm³/mol. The Morgan fingerprint density at radius 3 is 2.83 bits per heavy atom. The lowest BCUT2D eigenvalue weighted by Gasteiger charge is -2.11. The highest BCUT2D eigenvalue weighted by Crippen LogP contribution is 2.32. The number of nitrogens with zero attached hydrogens (tertiary/aromatic N) is 3. The molecule has 0 fully saturated rings. The molecule has 0 aliphatic carbocycles. The van der Waals surface area contributed by atoms with Gasteiger partial charge < -0.3 is 5.32 Å². The zero-order chi connectivity index (χ0) is 16.2. The largest absolute Gasteiger partial charge is 0.330 e. The molecule has 3 aromatic rings. The Kier molecular flexibility index (Phi) is 5.30. The van der Waals surface area contributed by atoms with Crippen molar-refractivity contribution in [3.63, 3.8) is 0 Å². The van der Waals surface area contributed by atoms with Crippen molar-refractivity contribution in [2.24, 2.45) is 0 Å². The van der Waals surface area contributed by atoms with E-state index in [4.69, 9.17) is 0 Å². The Labute approximate surface area is 148 Å². The fourth-order valence-corrected chi connectivity index (χ4v) is 4.60. The third kappa shape index (κ3) is 4.10. The van der Waals surface area contributed by atoms with Gasteiger partial charge in [-0.05, 0) is 31.4 Å². The molecular formula is C16H18N4S3. The van der Waals surface area contributed by atoms with Crippen molar-refractivity contribution in [1.29, 1.82) is 0 Å². The van der Waals surface area contributed by atoms with Crippen molar-refractivity contribution in [1.82, 2.24) is 15.2 Å². The first-order valence-corrected chi connectivity index (χ1v) is 10.1. The van der Waals surface area contributed by atoms with Crippen LogP contribution in [-0.4, -0.2) is 15.2 Å². The van der Waals surface area contributed by atoms with Crippen LogP contribution in [0.15, 0.2) is 27.9 Å². The number of para-hydroxylation sites is 1. The highest BCUT2D eigenvalue weighted by atomic mass is 32.2. The lowest BCUT2D eigenvalue weighted by atomic mass is 10.1. The molecular weight excluding hydrogens is 344 g/mol. The second kappa shape index (κ2) is 7.42. The molecule has 0 aliphatic heterocycles. The average molecular weight is 363 g/mol. The van der Waals surface area contributed by atoms with Gasteiger partial charge >= 0.3 is 0 Å². The van der Waals surface area contributed by atoms with Crippen LogP contribution < -0.4 is 5.32 Å². The van der Waals surface area contributed by atoms with Gasteiger partial charge in [-0.15, -0.1) is 21.5 Å². The summed E-state index contributed by atoms with van der Waals surface area (Å²) in [5.41, 5.74) is 4.78. The van der Waals surface area contributed by atoms with Gasteiger partial charge in [-0.25, -0.2) is 4.98 Å². The SMILES string of the molecule is CCc1cccc(C)c1Nc1nnc(SCc2csc(C)n2)s1. The number of hydrogen-bond acceptors (Lipinski definition) is 7. The highest BCUT2D eigenvalue weighted by molar-refractivity contribution is 8.00. The van der Waals surface area contributed by atoms with E-state index in [1.54, 1.807) is 34.4 Å². The number of nitrogens with one attached hydrogen (secondary N) is 1. The van der Waals surface area contributed by atoms with Gasteiger partial charge in [-0.1, -0.05) is 48.2 Å². The molecule has 120 valence electrons. The summed E-state index contributed by atoms with van der Waals surface area (Å²) in [7, 11) is 0. The molecule has 0 amide bonds. The number of aryl methyl sites for hydroxylation is 3. The van der Waals surface area contributed by atoms with Crippen LogP contribution in [-0.2, 0) is 12.2 Å². The van der Waals surface area contributed by atoms with Gasteiger partial charge in [0, 0.05) is 16.8 Å². The minimum atomic E-state index is 0.837. The number of rotatable bonds is 6. The van der Waals surface area contributed by atoms with Crippen LogP contribution in [0, 0.1) is 13.8 Å². The Morgan fingerprint density at radius 1 is 1.22 bits per heavy atom. The standard InChI is InChI=1S/C16H18N4S3/c1-4-12-7-5-6-10(2)14(12)18-15-19-20-16(23-15)22-9-13-8-21-11(3)17-13/h5-8H,4,9H2,1-3H3,(H,18,19). The van der Waals surface area contributed by atoms with Crippen LogP contribution in [0.25, 0.3) is 0 Å². The fourth-order valence-electron chi connectivity index (χ4n) is 2.24. The molecule has 1 N–H and O–H groups in total. The third-order valence-corrected chi connectivity index (χ3v) is 6.22. The summed E-state index contributed by atoms with van der Waals surface area (Å²) < 4.78 is 0.963. The summed E-state index contributed by atoms with van der Waals surface area (Å²) in [6.07, 6.45) is 0.994. The molecule has 0 saturated heterocycles. The van der Waals surface area contributed by atoms with Crippen LogP contribution >= 0.6 is 34.4 Å². The van der Waals surface area contributed by atoms with Gasteiger partial charge in [0.1, 0.15) is 0 Å². The van der Waals surface area contributed by atoms with Crippen molar-refractivity contribution in [2.75, 3.05) is 5.32 Å². The number of thiazole rings is 1. The molecule has 1 aromatic carbocycles. The Morgan fingerprint density at radius 2 is 2.09 bits per heavy atom. The minimum Gasteiger partial charge on any atom is -0.330 e. The zero-order valence-corrected chi connectivity index (χ0v) is 15.7.